The van der Waals surface area contributed by atoms with Crippen molar-refractivity contribution in [1.82, 2.24) is 0 Å². The van der Waals surface area contributed by atoms with E-state index in [0.717, 1.165) is 6.07 Å². The average Bonchev–Trinajstić information content (AvgIpc) is 2.35. The third kappa shape index (κ3) is 2.41. The van der Waals surface area contributed by atoms with Crippen LogP contribution in [-0.4, -0.2) is 5.78 Å². The number of nitrogens with two attached hydrogens (primary N) is 1. The number of nitrogen functional groups attached to an aromatic ring is 1. The standard InChI is InChI=1S/C13H8BrF2NO/c14-9-5-7(1-3-10(9)15)13(18)8-2-4-11(16)12(17)6-8/h1-6H,17H2. The highest BCUT2D eigenvalue weighted by atomic mass is 79.9. The maximum atomic E-state index is 13.1. The van der Waals surface area contributed by atoms with Crippen molar-refractivity contribution in [3.63, 3.8) is 0 Å². The molecule has 0 fully saturated rings. The quantitative estimate of drug-likeness (QED) is 0.681. The Kier molecular flexibility index (Phi) is 3.43. The number of rotatable bonds is 2. The zero-order valence-electron chi connectivity index (χ0n) is 9.08. The minimum atomic E-state index is -0.577. The van der Waals surface area contributed by atoms with Crippen LogP contribution in [0.3, 0.4) is 0 Å². The molecular weight excluding hydrogens is 304 g/mol. The summed E-state index contributed by atoms with van der Waals surface area (Å²) in [6.45, 7) is 0. The number of ketones is 1. The van der Waals surface area contributed by atoms with Crippen LogP contribution in [0, 0.1) is 11.6 Å². The van der Waals surface area contributed by atoms with Crippen LogP contribution >= 0.6 is 15.9 Å². The van der Waals surface area contributed by atoms with Gasteiger partial charge in [0.25, 0.3) is 0 Å². The third-order valence-electron chi connectivity index (χ3n) is 2.44. The molecule has 2 nitrogen and oxygen atoms in total. The highest BCUT2D eigenvalue weighted by molar-refractivity contribution is 9.10. The lowest BCUT2D eigenvalue weighted by Crippen LogP contribution is -2.03. The van der Waals surface area contributed by atoms with E-state index in [9.17, 15) is 13.6 Å². The molecule has 2 aromatic rings. The number of hydrogen-bond acceptors (Lipinski definition) is 2. The van der Waals surface area contributed by atoms with Crippen molar-refractivity contribution in [3.8, 4) is 0 Å². The molecule has 0 saturated heterocycles. The van der Waals surface area contributed by atoms with Gasteiger partial charge in [-0.2, -0.15) is 0 Å². The molecule has 0 heterocycles. The summed E-state index contributed by atoms with van der Waals surface area (Å²) >= 11 is 3.00. The van der Waals surface area contributed by atoms with E-state index in [4.69, 9.17) is 5.73 Å². The molecule has 0 aliphatic rings. The number of anilines is 1. The molecule has 18 heavy (non-hydrogen) atoms. The van der Waals surface area contributed by atoms with E-state index in [2.05, 4.69) is 15.9 Å². The topological polar surface area (TPSA) is 43.1 Å². The van der Waals surface area contributed by atoms with E-state index in [-0.39, 0.29) is 21.5 Å². The Morgan fingerprint density at radius 1 is 1.00 bits per heavy atom. The molecule has 0 aromatic heterocycles. The van der Waals surface area contributed by atoms with Gasteiger partial charge in [0, 0.05) is 11.1 Å². The summed E-state index contributed by atoms with van der Waals surface area (Å²) < 4.78 is 26.2. The van der Waals surface area contributed by atoms with Gasteiger partial charge in [-0.1, -0.05) is 0 Å². The molecule has 92 valence electrons. The highest BCUT2D eigenvalue weighted by Crippen LogP contribution is 2.20. The maximum absolute atomic E-state index is 13.1. The summed E-state index contributed by atoms with van der Waals surface area (Å²) in [6, 6.07) is 7.64. The summed E-state index contributed by atoms with van der Waals surface area (Å²) in [7, 11) is 0. The Morgan fingerprint density at radius 3 is 2.11 bits per heavy atom. The zero-order valence-corrected chi connectivity index (χ0v) is 10.7. The van der Waals surface area contributed by atoms with Crippen molar-refractivity contribution in [2.24, 2.45) is 0 Å². The molecule has 0 aliphatic carbocycles. The lowest BCUT2D eigenvalue weighted by atomic mass is 10.0. The second-order valence-electron chi connectivity index (χ2n) is 3.69. The smallest absolute Gasteiger partial charge is 0.193 e. The maximum Gasteiger partial charge on any atom is 0.193 e. The van der Waals surface area contributed by atoms with Crippen LogP contribution in [0.1, 0.15) is 15.9 Å². The summed E-state index contributed by atoms with van der Waals surface area (Å²) in [6.07, 6.45) is 0. The van der Waals surface area contributed by atoms with Crippen molar-refractivity contribution in [2.75, 3.05) is 5.73 Å². The Bertz CT molecular complexity index is 575. The number of carbonyl (C=O) groups is 1. The molecule has 0 amide bonds. The van der Waals surface area contributed by atoms with Crippen LogP contribution in [0.5, 0.6) is 0 Å². The first-order valence-electron chi connectivity index (χ1n) is 5.04. The molecule has 0 aliphatic heterocycles. The second kappa shape index (κ2) is 4.86. The van der Waals surface area contributed by atoms with Crippen LogP contribution < -0.4 is 5.73 Å². The fraction of sp³-hybridized carbons (Fsp3) is 0. The summed E-state index contributed by atoms with van der Waals surface area (Å²) in [5, 5.41) is 0. The second-order valence-corrected chi connectivity index (χ2v) is 4.55. The summed E-state index contributed by atoms with van der Waals surface area (Å²) in [5.74, 6) is -1.38. The molecule has 2 rings (SSSR count). The van der Waals surface area contributed by atoms with Crippen LogP contribution in [0.15, 0.2) is 40.9 Å². The van der Waals surface area contributed by atoms with E-state index < -0.39 is 11.6 Å². The van der Waals surface area contributed by atoms with E-state index >= 15 is 0 Å². The summed E-state index contributed by atoms with van der Waals surface area (Å²) in [5.41, 5.74) is 5.86. The minimum absolute atomic E-state index is 0.0953. The Hall–Kier alpha value is -1.75. The van der Waals surface area contributed by atoms with Crippen molar-refractivity contribution < 1.29 is 13.6 Å². The Morgan fingerprint density at radius 2 is 1.56 bits per heavy atom. The average molecular weight is 312 g/mol. The van der Waals surface area contributed by atoms with Crippen LogP contribution in [0.4, 0.5) is 14.5 Å². The van der Waals surface area contributed by atoms with Crippen LogP contribution in [-0.2, 0) is 0 Å². The summed E-state index contributed by atoms with van der Waals surface area (Å²) in [4.78, 5) is 12.1. The molecule has 0 atom stereocenters. The van der Waals surface area contributed by atoms with Gasteiger partial charge in [0.05, 0.1) is 10.2 Å². The number of carbonyl (C=O) groups excluding carboxylic acids is 1. The van der Waals surface area contributed by atoms with Crippen LogP contribution in [0.25, 0.3) is 0 Å². The molecule has 0 unspecified atom stereocenters. The van der Waals surface area contributed by atoms with Gasteiger partial charge in [-0.15, -0.1) is 0 Å². The third-order valence-corrected chi connectivity index (χ3v) is 3.05. The van der Waals surface area contributed by atoms with Crippen LogP contribution in [0.2, 0.25) is 0 Å². The Balaban J connectivity index is 2.41. The first kappa shape index (κ1) is 12.7. The Labute approximate surface area is 111 Å². The van der Waals surface area contributed by atoms with Gasteiger partial charge in [0.2, 0.25) is 0 Å². The van der Waals surface area contributed by atoms with Crippen molar-refractivity contribution in [3.05, 3.63) is 63.6 Å². The van der Waals surface area contributed by atoms with E-state index in [1.54, 1.807) is 0 Å². The molecular formula is C13H8BrF2NO. The number of hydrogen-bond donors (Lipinski definition) is 1. The first-order valence-corrected chi connectivity index (χ1v) is 5.83. The van der Waals surface area contributed by atoms with Gasteiger partial charge in [-0.25, -0.2) is 8.78 Å². The van der Waals surface area contributed by atoms with E-state index in [1.165, 1.54) is 30.3 Å². The molecule has 5 heteroatoms. The number of benzene rings is 2. The van der Waals surface area contributed by atoms with Gasteiger partial charge in [-0.3, -0.25) is 4.79 Å². The zero-order chi connectivity index (χ0) is 13.3. The molecule has 2 aromatic carbocycles. The fourth-order valence-corrected chi connectivity index (χ4v) is 1.87. The van der Waals surface area contributed by atoms with E-state index in [0.29, 0.717) is 5.56 Å². The fourth-order valence-electron chi connectivity index (χ4n) is 1.49. The van der Waals surface area contributed by atoms with Gasteiger partial charge in [0.1, 0.15) is 11.6 Å². The molecule has 2 N–H and O–H groups in total. The monoisotopic (exact) mass is 311 g/mol. The molecule has 0 spiro atoms. The molecule has 0 radical (unpaired) electrons. The van der Waals surface area contributed by atoms with Crippen molar-refractivity contribution >= 4 is 27.4 Å². The minimum Gasteiger partial charge on any atom is -0.396 e. The van der Waals surface area contributed by atoms with Gasteiger partial charge in [0.15, 0.2) is 5.78 Å². The first-order chi connectivity index (χ1) is 8.49. The number of halogens is 3. The highest BCUT2D eigenvalue weighted by Gasteiger charge is 2.12. The lowest BCUT2D eigenvalue weighted by Gasteiger charge is -2.04. The lowest BCUT2D eigenvalue weighted by molar-refractivity contribution is 0.103. The van der Waals surface area contributed by atoms with Gasteiger partial charge in [-0.05, 0) is 52.3 Å². The van der Waals surface area contributed by atoms with Crippen molar-refractivity contribution in [2.45, 2.75) is 0 Å². The van der Waals surface area contributed by atoms with Gasteiger partial charge < -0.3 is 5.73 Å². The predicted molar refractivity (Wildman–Crippen MR) is 68.3 cm³/mol. The normalized spacial score (nSPS) is 10.4. The SMILES string of the molecule is Nc1cc(C(=O)c2ccc(F)c(Br)c2)ccc1F. The molecule has 0 bridgehead atoms. The van der Waals surface area contributed by atoms with E-state index in [1.807, 2.05) is 0 Å². The molecule has 0 saturated carbocycles. The largest absolute Gasteiger partial charge is 0.396 e. The van der Waals surface area contributed by atoms with Gasteiger partial charge >= 0.3 is 0 Å². The predicted octanol–water partition coefficient (Wildman–Crippen LogP) is 3.54. The van der Waals surface area contributed by atoms with Crippen molar-refractivity contribution in [1.29, 1.82) is 0 Å².